The molecule has 0 aliphatic rings. The largest absolute Gasteiger partial charge is 0.356 e. The molecule has 0 aliphatic carbocycles. The summed E-state index contributed by atoms with van der Waals surface area (Å²) in [5, 5.41) is 13.6. The van der Waals surface area contributed by atoms with Gasteiger partial charge in [-0.25, -0.2) is 4.39 Å². The van der Waals surface area contributed by atoms with Crippen molar-refractivity contribution in [2.45, 2.75) is 18.5 Å². The van der Waals surface area contributed by atoms with Gasteiger partial charge in [0.25, 0.3) is 0 Å². The standard InChI is InChI=1S/C24H21FN4O2S/c1-16(30)26-13-12-23-27-28-24(29(23)21-9-5-4-8-20(21)25)32-15-22(31)19-11-10-17-6-2-3-7-18(17)14-19/h2-11,14H,12-13,15H2,1H3,(H,26,30). The number of carbonyl (C=O) groups is 2. The van der Waals surface area contributed by atoms with Gasteiger partial charge in [-0.3, -0.25) is 14.2 Å². The van der Waals surface area contributed by atoms with Crippen LogP contribution in [0.2, 0.25) is 0 Å². The lowest BCUT2D eigenvalue weighted by atomic mass is 10.1. The summed E-state index contributed by atoms with van der Waals surface area (Å²) in [5.41, 5.74) is 0.912. The van der Waals surface area contributed by atoms with Gasteiger partial charge in [0, 0.05) is 25.5 Å². The van der Waals surface area contributed by atoms with Crippen LogP contribution in [-0.4, -0.2) is 38.8 Å². The third kappa shape index (κ3) is 4.86. The number of nitrogens with zero attached hydrogens (tertiary/aromatic N) is 3. The van der Waals surface area contributed by atoms with Crippen molar-refractivity contribution >= 4 is 34.2 Å². The van der Waals surface area contributed by atoms with Crippen molar-refractivity contribution in [3.8, 4) is 5.69 Å². The van der Waals surface area contributed by atoms with Crippen LogP contribution in [0.15, 0.2) is 71.9 Å². The molecule has 0 saturated carbocycles. The topological polar surface area (TPSA) is 76.9 Å². The van der Waals surface area contributed by atoms with Crippen molar-refractivity contribution < 1.29 is 14.0 Å². The number of halogens is 1. The van der Waals surface area contributed by atoms with Crippen molar-refractivity contribution in [2.75, 3.05) is 12.3 Å². The molecule has 4 aromatic rings. The molecule has 1 aromatic heterocycles. The van der Waals surface area contributed by atoms with Crippen molar-refractivity contribution in [1.82, 2.24) is 20.1 Å². The SMILES string of the molecule is CC(=O)NCCc1nnc(SCC(=O)c2ccc3ccccc3c2)n1-c1ccccc1F. The van der Waals surface area contributed by atoms with E-state index in [-0.39, 0.29) is 17.4 Å². The number of para-hydroxylation sites is 1. The van der Waals surface area contributed by atoms with Gasteiger partial charge >= 0.3 is 0 Å². The van der Waals surface area contributed by atoms with E-state index in [0.717, 1.165) is 10.8 Å². The van der Waals surface area contributed by atoms with Crippen LogP contribution in [0.25, 0.3) is 16.5 Å². The lowest BCUT2D eigenvalue weighted by Crippen LogP contribution is -2.23. The van der Waals surface area contributed by atoms with Crippen molar-refractivity contribution in [2.24, 2.45) is 0 Å². The lowest BCUT2D eigenvalue weighted by molar-refractivity contribution is -0.118. The molecule has 1 heterocycles. The maximum atomic E-state index is 14.6. The fraction of sp³-hybridized carbons (Fsp3) is 0.167. The summed E-state index contributed by atoms with van der Waals surface area (Å²) >= 11 is 1.21. The lowest BCUT2D eigenvalue weighted by Gasteiger charge is -2.11. The van der Waals surface area contributed by atoms with E-state index in [4.69, 9.17) is 0 Å². The van der Waals surface area contributed by atoms with Gasteiger partial charge in [-0.2, -0.15) is 0 Å². The minimum absolute atomic E-state index is 0.0522. The predicted molar refractivity (Wildman–Crippen MR) is 123 cm³/mol. The quantitative estimate of drug-likeness (QED) is 0.323. The van der Waals surface area contributed by atoms with Crippen LogP contribution in [0, 0.1) is 5.82 Å². The van der Waals surface area contributed by atoms with Crippen LogP contribution >= 0.6 is 11.8 Å². The van der Waals surface area contributed by atoms with Gasteiger partial charge in [-0.15, -0.1) is 10.2 Å². The number of rotatable bonds is 8. The Bertz CT molecular complexity index is 1290. The molecule has 0 bridgehead atoms. The number of aromatic nitrogens is 3. The molecule has 0 aliphatic heterocycles. The molecular weight excluding hydrogens is 427 g/mol. The molecule has 3 aromatic carbocycles. The number of carbonyl (C=O) groups excluding carboxylic acids is 2. The van der Waals surface area contributed by atoms with Crippen LogP contribution in [0.1, 0.15) is 23.1 Å². The highest BCUT2D eigenvalue weighted by Gasteiger charge is 2.18. The Labute approximate surface area is 188 Å². The maximum absolute atomic E-state index is 14.6. The van der Waals surface area contributed by atoms with Gasteiger partial charge in [-0.05, 0) is 29.0 Å². The molecule has 32 heavy (non-hydrogen) atoms. The summed E-state index contributed by atoms with van der Waals surface area (Å²) in [4.78, 5) is 24.0. The van der Waals surface area contributed by atoms with Crippen LogP contribution in [-0.2, 0) is 11.2 Å². The van der Waals surface area contributed by atoms with Crippen molar-refractivity contribution in [3.05, 3.63) is 83.9 Å². The molecule has 0 saturated heterocycles. The molecule has 0 fully saturated rings. The molecule has 1 amide bonds. The Kier molecular flexibility index (Phi) is 6.61. The second-order valence-electron chi connectivity index (χ2n) is 7.19. The third-order valence-corrected chi connectivity index (χ3v) is 5.85. The summed E-state index contributed by atoms with van der Waals surface area (Å²) in [7, 11) is 0. The number of thioether (sulfide) groups is 1. The van der Waals surface area contributed by atoms with E-state index >= 15 is 0 Å². The molecule has 4 rings (SSSR count). The van der Waals surface area contributed by atoms with E-state index in [9.17, 15) is 14.0 Å². The Morgan fingerprint density at radius 1 is 1.00 bits per heavy atom. The van der Waals surface area contributed by atoms with E-state index in [2.05, 4.69) is 15.5 Å². The van der Waals surface area contributed by atoms with Crippen molar-refractivity contribution in [3.63, 3.8) is 0 Å². The minimum atomic E-state index is -0.421. The fourth-order valence-corrected chi connectivity index (χ4v) is 4.22. The van der Waals surface area contributed by atoms with Crippen LogP contribution in [0.3, 0.4) is 0 Å². The van der Waals surface area contributed by atoms with Crippen LogP contribution < -0.4 is 5.32 Å². The van der Waals surface area contributed by atoms with Gasteiger partial charge in [0.1, 0.15) is 11.6 Å². The maximum Gasteiger partial charge on any atom is 0.216 e. The first kappa shape index (κ1) is 21.7. The van der Waals surface area contributed by atoms with Crippen LogP contribution in [0.5, 0.6) is 0 Å². The first-order valence-electron chi connectivity index (χ1n) is 10.1. The number of ketones is 1. The van der Waals surface area contributed by atoms with Gasteiger partial charge in [0.05, 0.1) is 11.4 Å². The number of hydrogen-bond acceptors (Lipinski definition) is 5. The van der Waals surface area contributed by atoms with E-state index in [1.54, 1.807) is 22.8 Å². The minimum Gasteiger partial charge on any atom is -0.356 e. The van der Waals surface area contributed by atoms with Gasteiger partial charge in [0.15, 0.2) is 10.9 Å². The Hall–Kier alpha value is -3.52. The Balaban J connectivity index is 1.57. The molecule has 1 N–H and O–H groups in total. The number of hydrogen-bond donors (Lipinski definition) is 1. The monoisotopic (exact) mass is 448 g/mol. The molecule has 6 nitrogen and oxygen atoms in total. The molecular formula is C24H21FN4O2S. The summed E-state index contributed by atoms with van der Waals surface area (Å²) in [5.74, 6) is 0.0119. The van der Waals surface area contributed by atoms with Crippen LogP contribution in [0.4, 0.5) is 4.39 Å². The predicted octanol–water partition coefficient (Wildman–Crippen LogP) is 4.21. The Morgan fingerprint density at radius 3 is 2.53 bits per heavy atom. The molecule has 0 atom stereocenters. The highest BCUT2D eigenvalue weighted by atomic mass is 32.2. The average molecular weight is 449 g/mol. The van der Waals surface area contributed by atoms with E-state index in [1.165, 1.54) is 24.8 Å². The average Bonchev–Trinajstić information content (AvgIpc) is 3.19. The summed E-state index contributed by atoms with van der Waals surface area (Å²) in [6, 6.07) is 19.8. The second kappa shape index (κ2) is 9.74. The summed E-state index contributed by atoms with van der Waals surface area (Å²) in [6.45, 7) is 1.78. The Morgan fingerprint density at radius 2 is 1.75 bits per heavy atom. The van der Waals surface area contributed by atoms with Crippen molar-refractivity contribution in [1.29, 1.82) is 0 Å². The smallest absolute Gasteiger partial charge is 0.216 e. The number of amides is 1. The van der Waals surface area contributed by atoms with E-state index in [1.807, 2.05) is 42.5 Å². The molecule has 0 radical (unpaired) electrons. The zero-order valence-corrected chi connectivity index (χ0v) is 18.2. The van der Waals surface area contributed by atoms with Gasteiger partial charge in [0.2, 0.25) is 5.91 Å². The normalized spacial score (nSPS) is 10.9. The number of fused-ring (bicyclic) bond motifs is 1. The molecule has 0 unspecified atom stereocenters. The summed E-state index contributed by atoms with van der Waals surface area (Å²) < 4.78 is 16.2. The number of Topliss-reactive ketones (excluding diaryl/α,β-unsaturated/α-hetero) is 1. The third-order valence-electron chi connectivity index (χ3n) is 4.92. The fourth-order valence-electron chi connectivity index (χ4n) is 3.36. The van der Waals surface area contributed by atoms with E-state index < -0.39 is 5.82 Å². The van der Waals surface area contributed by atoms with Gasteiger partial charge in [-0.1, -0.05) is 60.3 Å². The zero-order valence-electron chi connectivity index (χ0n) is 17.4. The van der Waals surface area contributed by atoms with Gasteiger partial charge < -0.3 is 5.32 Å². The first-order valence-corrected chi connectivity index (χ1v) is 11.1. The van der Waals surface area contributed by atoms with E-state index in [0.29, 0.717) is 35.2 Å². The zero-order chi connectivity index (χ0) is 22.5. The summed E-state index contributed by atoms with van der Waals surface area (Å²) in [6.07, 6.45) is 0.375. The number of nitrogens with one attached hydrogen (secondary N) is 1. The highest BCUT2D eigenvalue weighted by Crippen LogP contribution is 2.25. The number of benzene rings is 3. The molecule has 162 valence electrons. The second-order valence-corrected chi connectivity index (χ2v) is 8.13. The molecule has 8 heteroatoms. The highest BCUT2D eigenvalue weighted by molar-refractivity contribution is 7.99. The first-order chi connectivity index (χ1) is 15.5. The molecule has 0 spiro atoms.